The van der Waals surface area contributed by atoms with Crippen LogP contribution in [0.3, 0.4) is 0 Å². The summed E-state index contributed by atoms with van der Waals surface area (Å²) in [6, 6.07) is 13.2. The Hall–Kier alpha value is -2.22. The van der Waals surface area contributed by atoms with E-state index >= 15 is 0 Å². The van der Waals surface area contributed by atoms with Crippen LogP contribution in [0.25, 0.3) is 22.4 Å². The summed E-state index contributed by atoms with van der Waals surface area (Å²) in [5.41, 5.74) is 3.68. The molecule has 1 aliphatic rings. The van der Waals surface area contributed by atoms with Crippen LogP contribution in [0.4, 0.5) is 0 Å². The number of aliphatic hydroxyl groups excluding tert-OH is 1. The summed E-state index contributed by atoms with van der Waals surface area (Å²) in [6.07, 6.45) is 1.87. The first-order chi connectivity index (χ1) is 15.1. The number of hydrogen-bond donors (Lipinski definition) is 2. The number of methoxy groups -OCH3 is 1. The maximum absolute atomic E-state index is 10.1. The molecule has 6 nitrogen and oxygen atoms in total. The minimum Gasteiger partial charge on any atom is -0.480 e. The molecule has 0 aliphatic carbocycles. The van der Waals surface area contributed by atoms with Crippen molar-refractivity contribution in [3.05, 3.63) is 64.4 Å². The normalized spacial score (nSPS) is 18.7. The van der Waals surface area contributed by atoms with Crippen molar-refractivity contribution in [1.29, 1.82) is 0 Å². The Morgan fingerprint density at radius 2 is 1.90 bits per heavy atom. The SMILES string of the molecule is COc1nc(-c2cccc(-c3ccccc3Cl)c2Cl)cnc1CN[C@H]1CCOC[C@@H]1O. The van der Waals surface area contributed by atoms with Gasteiger partial charge in [0.2, 0.25) is 5.88 Å². The van der Waals surface area contributed by atoms with Gasteiger partial charge in [-0.05, 0) is 12.5 Å². The molecule has 2 N–H and O–H groups in total. The van der Waals surface area contributed by atoms with E-state index in [4.69, 9.17) is 32.7 Å². The maximum atomic E-state index is 10.1. The van der Waals surface area contributed by atoms with Crippen molar-refractivity contribution in [1.82, 2.24) is 15.3 Å². The first-order valence-corrected chi connectivity index (χ1v) is 10.8. The molecule has 0 saturated carbocycles. The molecule has 4 rings (SSSR count). The molecule has 2 atom stereocenters. The zero-order chi connectivity index (χ0) is 21.8. The highest BCUT2D eigenvalue weighted by Gasteiger charge is 2.24. The molecule has 0 amide bonds. The molecular weight excluding hydrogens is 437 g/mol. The second-order valence-electron chi connectivity index (χ2n) is 7.28. The zero-order valence-corrected chi connectivity index (χ0v) is 18.5. The molecule has 1 saturated heterocycles. The van der Waals surface area contributed by atoms with Gasteiger partial charge in [0, 0.05) is 40.9 Å². The quantitative estimate of drug-likeness (QED) is 0.569. The van der Waals surface area contributed by atoms with Crippen LogP contribution in [0, 0.1) is 0 Å². The fourth-order valence-corrected chi connectivity index (χ4v) is 4.18. The van der Waals surface area contributed by atoms with Crippen LogP contribution in [-0.4, -0.2) is 47.5 Å². The molecule has 0 unspecified atom stereocenters. The van der Waals surface area contributed by atoms with Crippen LogP contribution in [0.5, 0.6) is 5.88 Å². The fourth-order valence-electron chi connectivity index (χ4n) is 3.62. The first-order valence-electron chi connectivity index (χ1n) is 10.0. The summed E-state index contributed by atoms with van der Waals surface area (Å²) < 4.78 is 10.8. The van der Waals surface area contributed by atoms with Gasteiger partial charge in [0.05, 0.1) is 36.7 Å². The Morgan fingerprint density at radius 1 is 1.13 bits per heavy atom. The van der Waals surface area contributed by atoms with E-state index < -0.39 is 6.10 Å². The van der Waals surface area contributed by atoms with E-state index in [1.807, 2.05) is 42.5 Å². The Labute approximate surface area is 191 Å². The van der Waals surface area contributed by atoms with Crippen molar-refractivity contribution in [2.75, 3.05) is 20.3 Å². The molecule has 8 heteroatoms. The number of nitrogens with one attached hydrogen (secondary N) is 1. The Morgan fingerprint density at radius 3 is 2.68 bits per heavy atom. The highest BCUT2D eigenvalue weighted by atomic mass is 35.5. The highest BCUT2D eigenvalue weighted by molar-refractivity contribution is 6.38. The number of ether oxygens (including phenoxy) is 2. The zero-order valence-electron chi connectivity index (χ0n) is 17.0. The third-order valence-electron chi connectivity index (χ3n) is 5.30. The van der Waals surface area contributed by atoms with Gasteiger partial charge in [-0.25, -0.2) is 4.98 Å². The van der Waals surface area contributed by atoms with E-state index in [9.17, 15) is 5.11 Å². The van der Waals surface area contributed by atoms with E-state index in [-0.39, 0.29) is 6.04 Å². The molecule has 1 aliphatic heterocycles. The van der Waals surface area contributed by atoms with Crippen molar-refractivity contribution in [3.8, 4) is 28.3 Å². The lowest BCUT2D eigenvalue weighted by Crippen LogP contribution is -2.46. The lowest BCUT2D eigenvalue weighted by Gasteiger charge is -2.28. The van der Waals surface area contributed by atoms with Crippen molar-refractivity contribution in [2.24, 2.45) is 0 Å². The van der Waals surface area contributed by atoms with Gasteiger partial charge in [-0.2, -0.15) is 0 Å². The van der Waals surface area contributed by atoms with Crippen molar-refractivity contribution < 1.29 is 14.6 Å². The van der Waals surface area contributed by atoms with Crippen molar-refractivity contribution in [3.63, 3.8) is 0 Å². The summed E-state index contributed by atoms with van der Waals surface area (Å²) in [4.78, 5) is 9.18. The smallest absolute Gasteiger partial charge is 0.237 e. The second-order valence-corrected chi connectivity index (χ2v) is 8.06. The Bertz CT molecular complexity index is 1060. The van der Waals surface area contributed by atoms with E-state index in [1.165, 1.54) is 0 Å². The van der Waals surface area contributed by atoms with Gasteiger partial charge in [0.1, 0.15) is 5.69 Å². The number of rotatable bonds is 6. The number of halogens is 2. The molecule has 2 aromatic carbocycles. The van der Waals surface area contributed by atoms with Crippen LogP contribution >= 0.6 is 23.2 Å². The lowest BCUT2D eigenvalue weighted by atomic mass is 10.0. The maximum Gasteiger partial charge on any atom is 0.237 e. The van der Waals surface area contributed by atoms with Crippen LogP contribution in [0.2, 0.25) is 10.0 Å². The Balaban J connectivity index is 1.61. The summed E-state index contributed by atoms with van der Waals surface area (Å²) in [7, 11) is 1.56. The summed E-state index contributed by atoms with van der Waals surface area (Å²) >= 11 is 13.1. The molecule has 1 fully saturated rings. The molecule has 31 heavy (non-hydrogen) atoms. The molecule has 3 aromatic rings. The summed E-state index contributed by atoms with van der Waals surface area (Å²) in [6.45, 7) is 1.38. The number of aromatic nitrogens is 2. The number of aliphatic hydroxyl groups is 1. The standard InChI is InChI=1S/C23H23Cl2N3O3/c1-30-23-20(12-26-18-9-10-31-13-21(18)29)27-11-19(28-23)16-7-4-6-15(22(16)25)14-5-2-3-8-17(14)24/h2-8,11,18,21,26,29H,9-10,12-13H2,1H3/t18-,21-/m0/s1. The van der Waals surface area contributed by atoms with E-state index in [0.29, 0.717) is 47.1 Å². The average Bonchev–Trinajstić information content (AvgIpc) is 2.79. The van der Waals surface area contributed by atoms with Crippen molar-refractivity contribution in [2.45, 2.75) is 25.1 Å². The molecule has 0 bridgehead atoms. The lowest BCUT2D eigenvalue weighted by molar-refractivity contribution is -0.0281. The van der Waals surface area contributed by atoms with E-state index in [2.05, 4.69) is 15.3 Å². The average molecular weight is 460 g/mol. The third-order valence-corrected chi connectivity index (χ3v) is 6.04. The topological polar surface area (TPSA) is 76.5 Å². The molecule has 2 heterocycles. The van der Waals surface area contributed by atoms with Gasteiger partial charge in [-0.15, -0.1) is 0 Å². The minimum atomic E-state index is -0.543. The monoisotopic (exact) mass is 459 g/mol. The highest BCUT2D eigenvalue weighted by Crippen LogP contribution is 2.38. The molecule has 0 radical (unpaired) electrons. The van der Waals surface area contributed by atoms with E-state index in [1.54, 1.807) is 13.3 Å². The predicted octanol–water partition coefficient (Wildman–Crippen LogP) is 4.37. The van der Waals surface area contributed by atoms with Crippen LogP contribution in [0.1, 0.15) is 12.1 Å². The second kappa shape index (κ2) is 9.94. The predicted molar refractivity (Wildman–Crippen MR) is 122 cm³/mol. The fraction of sp³-hybridized carbons (Fsp3) is 0.304. The molecule has 1 aromatic heterocycles. The van der Waals surface area contributed by atoms with Gasteiger partial charge < -0.3 is 19.9 Å². The van der Waals surface area contributed by atoms with Gasteiger partial charge >= 0.3 is 0 Å². The number of nitrogens with zero attached hydrogens (tertiary/aromatic N) is 2. The molecule has 0 spiro atoms. The Kier molecular flexibility index (Phi) is 7.05. The minimum absolute atomic E-state index is 0.0540. The largest absolute Gasteiger partial charge is 0.480 e. The molecule has 162 valence electrons. The third kappa shape index (κ3) is 4.84. The van der Waals surface area contributed by atoms with E-state index in [0.717, 1.165) is 23.1 Å². The molecular formula is C23H23Cl2N3O3. The van der Waals surface area contributed by atoms with Gasteiger partial charge in [0.15, 0.2) is 0 Å². The number of hydrogen-bond acceptors (Lipinski definition) is 6. The van der Waals surface area contributed by atoms with Crippen LogP contribution in [-0.2, 0) is 11.3 Å². The van der Waals surface area contributed by atoms with Gasteiger partial charge in [-0.3, -0.25) is 4.98 Å². The number of benzene rings is 2. The van der Waals surface area contributed by atoms with Crippen LogP contribution < -0.4 is 10.1 Å². The van der Waals surface area contributed by atoms with Gasteiger partial charge in [0.25, 0.3) is 0 Å². The van der Waals surface area contributed by atoms with Crippen molar-refractivity contribution >= 4 is 23.2 Å². The summed E-state index contributed by atoms with van der Waals surface area (Å²) in [5.74, 6) is 0.408. The van der Waals surface area contributed by atoms with Gasteiger partial charge in [-0.1, -0.05) is 59.6 Å². The summed E-state index contributed by atoms with van der Waals surface area (Å²) in [5, 5.41) is 14.5. The van der Waals surface area contributed by atoms with Crippen LogP contribution in [0.15, 0.2) is 48.7 Å². The first kappa shape index (κ1) is 22.0.